The van der Waals surface area contributed by atoms with Crippen LogP contribution in [0.5, 0.6) is 0 Å². The average Bonchev–Trinajstić information content (AvgIpc) is 2.87. The number of hydrogen-bond acceptors (Lipinski definition) is 1. The molecule has 1 fully saturated rings. The summed E-state index contributed by atoms with van der Waals surface area (Å²) in [7, 11) is 0. The maximum atomic E-state index is 13.3. The Morgan fingerprint density at radius 2 is 2.14 bits per heavy atom. The van der Waals surface area contributed by atoms with Crippen LogP contribution in [0.25, 0.3) is 0 Å². The van der Waals surface area contributed by atoms with Crippen LogP contribution in [0.15, 0.2) is 18.2 Å². The van der Waals surface area contributed by atoms with Gasteiger partial charge in [0.25, 0.3) is 0 Å². The quantitative estimate of drug-likeness (QED) is 0.784. The van der Waals surface area contributed by atoms with E-state index < -0.39 is 0 Å². The molecule has 2 N–H and O–H groups in total. The fourth-order valence-corrected chi connectivity index (χ4v) is 1.69. The second-order valence-corrected chi connectivity index (χ2v) is 4.46. The summed E-state index contributed by atoms with van der Waals surface area (Å²) >= 11 is 0. The first-order valence-electron chi connectivity index (χ1n) is 5.13. The fourth-order valence-electron chi connectivity index (χ4n) is 1.69. The molecule has 2 heteroatoms. The maximum Gasteiger partial charge on any atom is 0.126 e. The van der Waals surface area contributed by atoms with E-state index in [1.54, 1.807) is 12.1 Å². The highest BCUT2D eigenvalue weighted by molar-refractivity contribution is 5.24. The highest BCUT2D eigenvalue weighted by Crippen LogP contribution is 2.36. The topological polar surface area (TPSA) is 26.0 Å². The van der Waals surface area contributed by atoms with Crippen LogP contribution >= 0.6 is 0 Å². The molecule has 1 nitrogen and oxygen atoms in total. The molecular weight excluding hydrogens is 177 g/mol. The first-order valence-corrected chi connectivity index (χ1v) is 5.13. The number of nitrogens with two attached hydrogens (primary N) is 1. The Morgan fingerprint density at radius 1 is 1.43 bits per heavy atom. The van der Waals surface area contributed by atoms with Gasteiger partial charge in [-0.05, 0) is 44.2 Å². The molecule has 1 aliphatic carbocycles. The van der Waals surface area contributed by atoms with Crippen molar-refractivity contribution in [1.82, 2.24) is 0 Å². The van der Waals surface area contributed by atoms with E-state index in [2.05, 4.69) is 0 Å². The smallest absolute Gasteiger partial charge is 0.126 e. The van der Waals surface area contributed by atoms with Crippen LogP contribution in [-0.2, 0) is 6.42 Å². The summed E-state index contributed by atoms with van der Waals surface area (Å²) in [6, 6.07) is 5.26. The van der Waals surface area contributed by atoms with Gasteiger partial charge in [-0.1, -0.05) is 17.7 Å². The Labute approximate surface area is 84.1 Å². The molecule has 0 saturated heterocycles. The maximum absolute atomic E-state index is 13.3. The largest absolute Gasteiger partial charge is 0.325 e. The SMILES string of the molecule is Cc1ccc(F)c(CCC2(N)CC2)c1. The van der Waals surface area contributed by atoms with Gasteiger partial charge in [0.15, 0.2) is 0 Å². The minimum absolute atomic E-state index is 0.0240. The van der Waals surface area contributed by atoms with Crippen molar-refractivity contribution in [1.29, 1.82) is 0 Å². The van der Waals surface area contributed by atoms with Crippen LogP contribution < -0.4 is 5.73 Å². The van der Waals surface area contributed by atoms with E-state index in [1.807, 2.05) is 13.0 Å². The van der Waals surface area contributed by atoms with Gasteiger partial charge >= 0.3 is 0 Å². The van der Waals surface area contributed by atoms with Crippen molar-refractivity contribution in [3.63, 3.8) is 0 Å². The van der Waals surface area contributed by atoms with Crippen molar-refractivity contribution < 1.29 is 4.39 Å². The van der Waals surface area contributed by atoms with Gasteiger partial charge < -0.3 is 5.73 Å². The Morgan fingerprint density at radius 3 is 2.79 bits per heavy atom. The lowest BCUT2D eigenvalue weighted by Gasteiger charge is -2.09. The lowest BCUT2D eigenvalue weighted by atomic mass is 10.0. The zero-order valence-corrected chi connectivity index (χ0v) is 8.52. The monoisotopic (exact) mass is 193 g/mol. The van der Waals surface area contributed by atoms with E-state index in [1.165, 1.54) is 0 Å². The summed E-state index contributed by atoms with van der Waals surface area (Å²) in [5, 5.41) is 0. The molecule has 0 aliphatic heterocycles. The predicted molar refractivity (Wildman–Crippen MR) is 55.6 cm³/mol. The van der Waals surface area contributed by atoms with Crippen molar-refractivity contribution in [2.24, 2.45) is 5.73 Å². The fraction of sp³-hybridized carbons (Fsp3) is 0.500. The van der Waals surface area contributed by atoms with Gasteiger partial charge in [-0.25, -0.2) is 4.39 Å². The Balaban J connectivity index is 2.04. The molecule has 0 radical (unpaired) electrons. The van der Waals surface area contributed by atoms with Gasteiger partial charge in [0.2, 0.25) is 0 Å². The number of hydrogen-bond donors (Lipinski definition) is 1. The molecule has 14 heavy (non-hydrogen) atoms. The van der Waals surface area contributed by atoms with Crippen LogP contribution in [0, 0.1) is 12.7 Å². The number of aryl methyl sites for hydroxylation is 2. The van der Waals surface area contributed by atoms with Crippen LogP contribution in [-0.4, -0.2) is 5.54 Å². The minimum atomic E-state index is -0.0974. The third kappa shape index (κ3) is 2.13. The molecule has 0 bridgehead atoms. The summed E-state index contributed by atoms with van der Waals surface area (Å²) in [5.74, 6) is -0.0974. The second-order valence-electron chi connectivity index (χ2n) is 4.46. The molecule has 0 aromatic heterocycles. The van der Waals surface area contributed by atoms with E-state index in [0.717, 1.165) is 36.8 Å². The first-order chi connectivity index (χ1) is 6.59. The van der Waals surface area contributed by atoms with Crippen molar-refractivity contribution in [2.75, 3.05) is 0 Å². The summed E-state index contributed by atoms with van der Waals surface area (Å²) in [6.07, 6.45) is 3.87. The first kappa shape index (κ1) is 9.66. The predicted octanol–water partition coefficient (Wildman–Crippen LogP) is 2.56. The molecular formula is C12H16FN. The molecule has 1 saturated carbocycles. The summed E-state index contributed by atoms with van der Waals surface area (Å²) in [5.41, 5.74) is 7.91. The van der Waals surface area contributed by atoms with E-state index in [0.29, 0.717) is 0 Å². The normalized spacial score (nSPS) is 18.2. The Kier molecular flexibility index (Phi) is 2.31. The van der Waals surface area contributed by atoms with Crippen LogP contribution in [0.4, 0.5) is 4.39 Å². The van der Waals surface area contributed by atoms with Gasteiger partial charge in [0.05, 0.1) is 0 Å². The zero-order chi connectivity index (χ0) is 10.2. The van der Waals surface area contributed by atoms with Crippen molar-refractivity contribution in [2.45, 2.75) is 38.1 Å². The number of rotatable bonds is 3. The number of halogens is 1. The van der Waals surface area contributed by atoms with E-state index in [-0.39, 0.29) is 11.4 Å². The highest BCUT2D eigenvalue weighted by atomic mass is 19.1. The van der Waals surface area contributed by atoms with Gasteiger partial charge in [-0.2, -0.15) is 0 Å². The standard InChI is InChI=1S/C12H16FN/c1-9-2-3-11(13)10(8-9)4-5-12(14)6-7-12/h2-3,8H,4-7,14H2,1H3. The van der Waals surface area contributed by atoms with Crippen molar-refractivity contribution >= 4 is 0 Å². The molecule has 1 aliphatic rings. The molecule has 0 amide bonds. The lowest BCUT2D eigenvalue weighted by Crippen LogP contribution is -2.22. The number of benzene rings is 1. The van der Waals surface area contributed by atoms with Crippen molar-refractivity contribution in [3.05, 3.63) is 35.1 Å². The minimum Gasteiger partial charge on any atom is -0.325 e. The van der Waals surface area contributed by atoms with Crippen molar-refractivity contribution in [3.8, 4) is 0 Å². The summed E-state index contributed by atoms with van der Waals surface area (Å²) in [6.45, 7) is 1.98. The van der Waals surface area contributed by atoms with Gasteiger partial charge in [0.1, 0.15) is 5.82 Å². The van der Waals surface area contributed by atoms with Crippen LogP contribution in [0.1, 0.15) is 30.4 Å². The van der Waals surface area contributed by atoms with Gasteiger partial charge in [-0.3, -0.25) is 0 Å². The molecule has 2 rings (SSSR count). The van der Waals surface area contributed by atoms with E-state index >= 15 is 0 Å². The van der Waals surface area contributed by atoms with E-state index in [4.69, 9.17) is 5.73 Å². The Hall–Kier alpha value is -0.890. The van der Waals surface area contributed by atoms with E-state index in [9.17, 15) is 4.39 Å². The Bertz CT molecular complexity index is 342. The molecule has 0 heterocycles. The molecule has 0 atom stereocenters. The summed E-state index contributed by atoms with van der Waals surface area (Å²) in [4.78, 5) is 0. The molecule has 0 unspecified atom stereocenters. The molecule has 1 aromatic carbocycles. The summed E-state index contributed by atoms with van der Waals surface area (Å²) < 4.78 is 13.3. The molecule has 0 spiro atoms. The van der Waals surface area contributed by atoms with Crippen LogP contribution in [0.2, 0.25) is 0 Å². The third-order valence-corrected chi connectivity index (χ3v) is 2.99. The molecule has 76 valence electrons. The highest BCUT2D eigenvalue weighted by Gasteiger charge is 2.37. The lowest BCUT2D eigenvalue weighted by molar-refractivity contribution is 0.570. The average molecular weight is 193 g/mol. The van der Waals surface area contributed by atoms with Gasteiger partial charge in [-0.15, -0.1) is 0 Å². The van der Waals surface area contributed by atoms with Crippen LogP contribution in [0.3, 0.4) is 0 Å². The second kappa shape index (κ2) is 3.35. The zero-order valence-electron chi connectivity index (χ0n) is 8.52. The molecule has 1 aromatic rings. The third-order valence-electron chi connectivity index (χ3n) is 2.99. The van der Waals surface area contributed by atoms with Gasteiger partial charge in [0, 0.05) is 5.54 Å².